The molecule has 4 aliphatic rings. The Morgan fingerprint density at radius 1 is 0.971 bits per heavy atom. The van der Waals surface area contributed by atoms with Crippen molar-refractivity contribution in [3.8, 4) is 0 Å². The number of nitrogens with zero attached hydrogens (tertiary/aromatic N) is 6. The number of aryl methyl sites for hydroxylation is 2. The van der Waals surface area contributed by atoms with Crippen LogP contribution in [0.1, 0.15) is 104 Å². The van der Waals surface area contributed by atoms with Gasteiger partial charge < -0.3 is 4.74 Å². The largest absolute Gasteiger partial charge is 0.373 e. The highest BCUT2D eigenvalue weighted by Crippen LogP contribution is 2.67. The number of hydrogen-bond acceptors (Lipinski definition) is 6. The fraction of sp³-hybridized carbons (Fsp3) is 0.654. The highest BCUT2D eigenvalue weighted by Gasteiger charge is 2.62. The molecule has 3 aliphatic carbocycles. The molecule has 0 N–H and O–H groups in total. The predicted octanol–water partition coefficient (Wildman–Crippen LogP) is 5.50. The Bertz CT molecular complexity index is 1300. The Labute approximate surface area is 202 Å². The van der Waals surface area contributed by atoms with Gasteiger partial charge in [0, 0.05) is 43.0 Å². The Kier molecular flexibility index (Phi) is 4.64. The number of hydrogen-bond donors (Lipinski definition) is 0. The van der Waals surface area contributed by atoms with E-state index in [0.29, 0.717) is 18.3 Å². The van der Waals surface area contributed by atoms with Gasteiger partial charge in [-0.25, -0.2) is 28.7 Å². The summed E-state index contributed by atoms with van der Waals surface area (Å²) in [7, 11) is 0. The average Bonchev–Trinajstić information content (AvgIpc) is 3.52. The van der Waals surface area contributed by atoms with Crippen LogP contribution in [0, 0.1) is 19.3 Å². The maximum absolute atomic E-state index is 13.6. The first-order chi connectivity index (χ1) is 16.8. The molecule has 0 unspecified atom stereocenters. The molecule has 2 atom stereocenters. The zero-order valence-corrected chi connectivity index (χ0v) is 20.2. The SMILES string of the molecule is Cc1nc2nc([C@H]3CCO[C@H](c4cnn(C5CC5)c4)C3)nc(C3CC4(C3)CC(F)(F)C4)c2nc1C. The molecule has 0 amide bonds. The van der Waals surface area contributed by atoms with Gasteiger partial charge in [0.15, 0.2) is 5.65 Å². The van der Waals surface area contributed by atoms with Gasteiger partial charge in [0.05, 0.1) is 35.4 Å². The van der Waals surface area contributed by atoms with E-state index in [2.05, 4.69) is 16.0 Å². The smallest absolute Gasteiger partial charge is 0.249 e. The van der Waals surface area contributed by atoms with Crippen LogP contribution in [0.4, 0.5) is 8.78 Å². The Morgan fingerprint density at radius 3 is 2.49 bits per heavy atom. The van der Waals surface area contributed by atoms with Crippen LogP contribution in [-0.4, -0.2) is 42.2 Å². The van der Waals surface area contributed by atoms with Crippen LogP contribution in [0.5, 0.6) is 0 Å². The number of rotatable bonds is 4. The van der Waals surface area contributed by atoms with Crippen LogP contribution in [0.25, 0.3) is 11.2 Å². The third kappa shape index (κ3) is 3.74. The number of alkyl halides is 2. The van der Waals surface area contributed by atoms with E-state index in [-0.39, 0.29) is 36.2 Å². The summed E-state index contributed by atoms with van der Waals surface area (Å²) in [6, 6.07) is 0.543. The van der Waals surface area contributed by atoms with Crippen LogP contribution < -0.4 is 0 Å². The molecular formula is C26H30F2N6O. The van der Waals surface area contributed by atoms with Crippen LogP contribution in [-0.2, 0) is 4.74 Å². The van der Waals surface area contributed by atoms with Crippen LogP contribution in [0.15, 0.2) is 12.4 Å². The summed E-state index contributed by atoms with van der Waals surface area (Å²) in [4.78, 5) is 19.5. The van der Waals surface area contributed by atoms with E-state index in [0.717, 1.165) is 59.7 Å². The van der Waals surface area contributed by atoms with Crippen LogP contribution in [0.3, 0.4) is 0 Å². The quantitative estimate of drug-likeness (QED) is 0.491. The molecule has 1 aliphatic heterocycles. The molecule has 4 fully saturated rings. The molecule has 7 rings (SSSR count). The summed E-state index contributed by atoms with van der Waals surface area (Å²) in [6.07, 6.45) is 9.57. The summed E-state index contributed by atoms with van der Waals surface area (Å²) >= 11 is 0. The van der Waals surface area contributed by atoms with E-state index in [4.69, 9.17) is 24.7 Å². The molecule has 7 nitrogen and oxygen atoms in total. The van der Waals surface area contributed by atoms with Gasteiger partial charge >= 0.3 is 0 Å². The van der Waals surface area contributed by atoms with Crippen LogP contribution >= 0.6 is 0 Å². The molecule has 184 valence electrons. The second-order valence-corrected chi connectivity index (χ2v) is 11.4. The Morgan fingerprint density at radius 2 is 1.74 bits per heavy atom. The molecular weight excluding hydrogens is 450 g/mol. The molecule has 9 heteroatoms. The lowest BCUT2D eigenvalue weighted by Crippen LogP contribution is -2.53. The fourth-order valence-electron chi connectivity index (χ4n) is 6.45. The molecule has 3 aromatic rings. The van der Waals surface area contributed by atoms with Crippen molar-refractivity contribution in [1.29, 1.82) is 0 Å². The third-order valence-electron chi connectivity index (χ3n) is 8.56. The lowest BCUT2D eigenvalue weighted by Gasteiger charge is -2.57. The first kappa shape index (κ1) is 21.7. The molecule has 1 spiro atoms. The van der Waals surface area contributed by atoms with E-state index >= 15 is 0 Å². The minimum absolute atomic E-state index is 0.00632. The zero-order valence-electron chi connectivity index (χ0n) is 20.2. The monoisotopic (exact) mass is 480 g/mol. The lowest BCUT2D eigenvalue weighted by molar-refractivity contribution is -0.196. The molecule has 3 saturated carbocycles. The van der Waals surface area contributed by atoms with E-state index < -0.39 is 5.92 Å². The van der Waals surface area contributed by atoms with Crippen molar-refractivity contribution in [2.45, 2.75) is 95.1 Å². The zero-order chi connectivity index (χ0) is 23.9. The highest BCUT2D eigenvalue weighted by molar-refractivity contribution is 5.74. The van der Waals surface area contributed by atoms with Gasteiger partial charge in [-0.3, -0.25) is 4.68 Å². The third-order valence-corrected chi connectivity index (χ3v) is 8.56. The van der Waals surface area contributed by atoms with Gasteiger partial charge in [-0.1, -0.05) is 0 Å². The topological polar surface area (TPSA) is 78.6 Å². The van der Waals surface area contributed by atoms with Crippen molar-refractivity contribution in [2.24, 2.45) is 5.41 Å². The summed E-state index contributed by atoms with van der Waals surface area (Å²) in [5, 5.41) is 4.54. The summed E-state index contributed by atoms with van der Waals surface area (Å²) < 4.78 is 35.4. The number of aromatic nitrogens is 6. The Balaban J connectivity index is 1.19. The molecule has 0 radical (unpaired) electrons. The molecule has 3 aromatic heterocycles. The van der Waals surface area contributed by atoms with Gasteiger partial charge in [0.25, 0.3) is 0 Å². The first-order valence-corrected chi connectivity index (χ1v) is 12.8. The van der Waals surface area contributed by atoms with E-state index in [1.807, 2.05) is 20.0 Å². The molecule has 4 heterocycles. The minimum atomic E-state index is -2.50. The lowest BCUT2D eigenvalue weighted by atomic mass is 9.49. The van der Waals surface area contributed by atoms with Crippen molar-refractivity contribution in [3.63, 3.8) is 0 Å². The second kappa shape index (κ2) is 7.48. The van der Waals surface area contributed by atoms with Crippen molar-refractivity contribution in [3.05, 3.63) is 40.9 Å². The first-order valence-electron chi connectivity index (χ1n) is 12.8. The summed E-state index contributed by atoms with van der Waals surface area (Å²) in [6.45, 7) is 4.53. The van der Waals surface area contributed by atoms with Crippen molar-refractivity contribution in [2.75, 3.05) is 6.61 Å². The van der Waals surface area contributed by atoms with Gasteiger partial charge in [-0.15, -0.1) is 0 Å². The number of halogens is 2. The molecule has 0 aromatic carbocycles. The molecule has 1 saturated heterocycles. The summed E-state index contributed by atoms with van der Waals surface area (Å²) in [5.74, 6) is -1.43. The normalized spacial score (nSPS) is 27.7. The van der Waals surface area contributed by atoms with Gasteiger partial charge in [-0.2, -0.15) is 5.10 Å². The van der Waals surface area contributed by atoms with Crippen molar-refractivity contribution in [1.82, 2.24) is 29.7 Å². The predicted molar refractivity (Wildman–Crippen MR) is 124 cm³/mol. The molecule has 0 bridgehead atoms. The standard InChI is InChI=1S/C26H30F2N6O/c1-14-15(2)31-24-22(30-14)21(17-8-25(9-17)12-26(27,28)13-25)32-23(33-24)16-5-6-35-20(7-16)18-10-29-34(11-18)19-3-4-19/h10-11,16-17,19-20H,3-9,12-13H2,1-2H3/t16-,20-/m0/s1. The highest BCUT2D eigenvalue weighted by atomic mass is 19.3. The summed E-state index contributed by atoms with van der Waals surface area (Å²) in [5.41, 5.74) is 4.86. The van der Waals surface area contributed by atoms with Gasteiger partial charge in [-0.05, 0) is 57.8 Å². The fourth-order valence-corrected chi connectivity index (χ4v) is 6.45. The maximum Gasteiger partial charge on any atom is 0.249 e. The second-order valence-electron chi connectivity index (χ2n) is 11.4. The maximum atomic E-state index is 13.6. The minimum Gasteiger partial charge on any atom is -0.373 e. The van der Waals surface area contributed by atoms with E-state index in [9.17, 15) is 8.78 Å². The number of ether oxygens (including phenoxy) is 1. The molecule has 35 heavy (non-hydrogen) atoms. The van der Waals surface area contributed by atoms with Crippen LogP contribution in [0.2, 0.25) is 0 Å². The van der Waals surface area contributed by atoms with Gasteiger partial charge in [0.2, 0.25) is 5.92 Å². The van der Waals surface area contributed by atoms with E-state index in [1.54, 1.807) is 0 Å². The van der Waals surface area contributed by atoms with Crippen molar-refractivity contribution < 1.29 is 13.5 Å². The average molecular weight is 481 g/mol. The van der Waals surface area contributed by atoms with Gasteiger partial charge in [0.1, 0.15) is 11.3 Å². The number of fused-ring (bicyclic) bond motifs is 1. The Hall–Kier alpha value is -2.55. The van der Waals surface area contributed by atoms with Crippen molar-refractivity contribution >= 4 is 11.2 Å². The van der Waals surface area contributed by atoms with E-state index in [1.165, 1.54) is 12.8 Å².